The molecule has 88 valence electrons. The van der Waals surface area contributed by atoms with Crippen LogP contribution in [0.15, 0.2) is 41.3 Å². The van der Waals surface area contributed by atoms with Gasteiger partial charge in [0.15, 0.2) is 0 Å². The van der Waals surface area contributed by atoms with E-state index in [1.165, 1.54) is 4.90 Å². The molecule has 0 saturated heterocycles. The van der Waals surface area contributed by atoms with Crippen LogP contribution in [0.25, 0.3) is 0 Å². The van der Waals surface area contributed by atoms with Gasteiger partial charge in [-0.25, -0.2) is 0 Å². The van der Waals surface area contributed by atoms with Crippen LogP contribution < -0.4 is 4.90 Å². The molecule has 2 aliphatic rings. The van der Waals surface area contributed by atoms with E-state index in [9.17, 15) is 4.79 Å². The summed E-state index contributed by atoms with van der Waals surface area (Å²) in [5.74, 6) is 0.574. The lowest BCUT2D eigenvalue weighted by atomic mass is 10.1. The Morgan fingerprint density at radius 2 is 2.24 bits per heavy atom. The first-order valence-electron chi connectivity index (χ1n) is 5.78. The number of anilines is 1. The maximum absolute atomic E-state index is 12.5. The van der Waals surface area contributed by atoms with Gasteiger partial charge in [-0.1, -0.05) is 24.3 Å². The SMILES string of the molecule is C=C(C)[C@@H]1C[C@]12Sc1ccccc1N(C)C2=O. The normalized spacial score (nSPS) is 30.4. The lowest BCUT2D eigenvalue weighted by Gasteiger charge is -2.32. The Bertz CT molecular complexity index is 525. The molecule has 1 aromatic rings. The summed E-state index contributed by atoms with van der Waals surface area (Å²) >= 11 is 1.72. The molecular weight excluding hydrogens is 230 g/mol. The number of carbonyl (C=O) groups is 1. The molecule has 3 heteroatoms. The van der Waals surface area contributed by atoms with Crippen molar-refractivity contribution in [2.24, 2.45) is 5.92 Å². The Kier molecular flexibility index (Phi) is 2.17. The zero-order valence-corrected chi connectivity index (χ0v) is 10.9. The molecule has 1 fully saturated rings. The van der Waals surface area contributed by atoms with E-state index in [1.54, 1.807) is 16.7 Å². The van der Waals surface area contributed by atoms with Gasteiger partial charge in [0.2, 0.25) is 5.91 Å². The molecule has 2 atom stereocenters. The summed E-state index contributed by atoms with van der Waals surface area (Å²) in [4.78, 5) is 15.5. The molecule has 0 unspecified atom stereocenters. The monoisotopic (exact) mass is 245 g/mol. The lowest BCUT2D eigenvalue weighted by Crippen LogP contribution is -2.40. The van der Waals surface area contributed by atoms with Crippen LogP contribution in [0.4, 0.5) is 5.69 Å². The standard InChI is InChI=1S/C14H15NOS/c1-9(2)10-8-14(10)13(16)15(3)11-6-4-5-7-12(11)17-14/h4-7,10H,1,8H2,2-3H3/t10-,14-/m0/s1. The number of allylic oxidation sites excluding steroid dienone is 1. The van der Waals surface area contributed by atoms with Gasteiger partial charge >= 0.3 is 0 Å². The zero-order valence-electron chi connectivity index (χ0n) is 10.1. The first-order valence-corrected chi connectivity index (χ1v) is 6.59. The van der Waals surface area contributed by atoms with E-state index in [2.05, 4.69) is 12.6 Å². The number of rotatable bonds is 1. The molecule has 3 rings (SSSR count). The number of para-hydroxylation sites is 1. The molecule has 1 saturated carbocycles. The third-order valence-electron chi connectivity index (χ3n) is 3.69. The number of nitrogens with zero attached hydrogens (tertiary/aromatic N) is 1. The van der Waals surface area contributed by atoms with E-state index < -0.39 is 0 Å². The van der Waals surface area contributed by atoms with Crippen molar-refractivity contribution in [2.45, 2.75) is 23.0 Å². The minimum Gasteiger partial charge on any atom is -0.313 e. The molecule has 17 heavy (non-hydrogen) atoms. The summed E-state index contributed by atoms with van der Waals surface area (Å²) < 4.78 is -0.255. The van der Waals surface area contributed by atoms with Crippen molar-refractivity contribution in [2.75, 3.05) is 11.9 Å². The van der Waals surface area contributed by atoms with E-state index >= 15 is 0 Å². The summed E-state index contributed by atoms with van der Waals surface area (Å²) in [5.41, 5.74) is 2.15. The Morgan fingerprint density at radius 3 is 2.88 bits per heavy atom. The highest BCUT2D eigenvalue weighted by Crippen LogP contribution is 2.63. The molecule has 2 nitrogen and oxygen atoms in total. The Balaban J connectivity index is 2.04. The van der Waals surface area contributed by atoms with Crippen LogP contribution in [-0.4, -0.2) is 17.7 Å². The summed E-state index contributed by atoms with van der Waals surface area (Å²) in [6, 6.07) is 8.11. The van der Waals surface area contributed by atoms with Crippen molar-refractivity contribution < 1.29 is 4.79 Å². The van der Waals surface area contributed by atoms with Crippen molar-refractivity contribution in [3.05, 3.63) is 36.4 Å². The number of fused-ring (bicyclic) bond motifs is 1. The maximum Gasteiger partial charge on any atom is 0.244 e. The van der Waals surface area contributed by atoms with Gasteiger partial charge in [-0.05, 0) is 25.5 Å². The van der Waals surface area contributed by atoms with Gasteiger partial charge < -0.3 is 4.90 Å². The highest BCUT2D eigenvalue weighted by Gasteiger charge is 2.63. The summed E-state index contributed by atoms with van der Waals surface area (Å²) in [6.07, 6.45) is 0.935. The average molecular weight is 245 g/mol. The second kappa shape index (κ2) is 3.39. The second-order valence-corrected chi connectivity index (χ2v) is 6.30. The van der Waals surface area contributed by atoms with Gasteiger partial charge in [0.05, 0.1) is 5.69 Å². The summed E-state index contributed by atoms with van der Waals surface area (Å²) in [7, 11) is 1.87. The summed E-state index contributed by atoms with van der Waals surface area (Å²) in [5, 5.41) is 0. The van der Waals surface area contributed by atoms with Crippen molar-refractivity contribution >= 4 is 23.4 Å². The molecule has 1 heterocycles. The number of hydrogen-bond donors (Lipinski definition) is 0. The third kappa shape index (κ3) is 1.38. The largest absolute Gasteiger partial charge is 0.313 e. The predicted molar refractivity (Wildman–Crippen MR) is 71.4 cm³/mol. The van der Waals surface area contributed by atoms with Crippen molar-refractivity contribution in [1.29, 1.82) is 0 Å². The fourth-order valence-electron chi connectivity index (χ4n) is 2.62. The fraction of sp³-hybridized carbons (Fsp3) is 0.357. The predicted octanol–water partition coefficient (Wildman–Crippen LogP) is 3.09. The number of thioether (sulfide) groups is 1. The van der Waals surface area contributed by atoms with Crippen LogP contribution >= 0.6 is 11.8 Å². The molecule has 0 bridgehead atoms. The number of carbonyl (C=O) groups excluding carboxylic acids is 1. The molecule has 1 spiro atoms. The van der Waals surface area contributed by atoms with Crippen molar-refractivity contribution in [1.82, 2.24) is 0 Å². The molecule has 1 aliphatic heterocycles. The van der Waals surface area contributed by atoms with E-state index in [0.717, 1.165) is 17.7 Å². The lowest BCUT2D eigenvalue weighted by molar-refractivity contribution is -0.118. The van der Waals surface area contributed by atoms with Crippen LogP contribution in [0.3, 0.4) is 0 Å². The molecule has 1 aliphatic carbocycles. The van der Waals surface area contributed by atoms with Gasteiger partial charge in [-0.3, -0.25) is 4.79 Å². The van der Waals surface area contributed by atoms with Crippen molar-refractivity contribution in [3.8, 4) is 0 Å². The maximum atomic E-state index is 12.5. The van der Waals surface area contributed by atoms with E-state index in [0.29, 0.717) is 5.92 Å². The van der Waals surface area contributed by atoms with Crippen LogP contribution in [0.2, 0.25) is 0 Å². The van der Waals surface area contributed by atoms with Gasteiger partial charge in [0.1, 0.15) is 4.75 Å². The third-order valence-corrected chi connectivity index (χ3v) is 5.25. The Labute approximate surface area is 106 Å². The highest BCUT2D eigenvalue weighted by molar-refractivity contribution is 8.02. The minimum atomic E-state index is -0.255. The smallest absolute Gasteiger partial charge is 0.244 e. The van der Waals surface area contributed by atoms with Gasteiger partial charge in [-0.15, -0.1) is 11.8 Å². The highest BCUT2D eigenvalue weighted by atomic mass is 32.2. The minimum absolute atomic E-state index is 0.231. The van der Waals surface area contributed by atoms with Crippen LogP contribution in [0.1, 0.15) is 13.3 Å². The molecule has 0 aromatic heterocycles. The Hall–Kier alpha value is -1.22. The fourth-order valence-corrected chi connectivity index (χ4v) is 4.29. The first-order chi connectivity index (χ1) is 8.06. The van der Waals surface area contributed by atoms with Crippen molar-refractivity contribution in [3.63, 3.8) is 0 Å². The van der Waals surface area contributed by atoms with Gasteiger partial charge in [0.25, 0.3) is 0 Å². The number of benzene rings is 1. The topological polar surface area (TPSA) is 20.3 Å². The van der Waals surface area contributed by atoms with Gasteiger partial charge in [-0.2, -0.15) is 0 Å². The van der Waals surface area contributed by atoms with E-state index in [4.69, 9.17) is 0 Å². The van der Waals surface area contributed by atoms with Crippen LogP contribution in [0.5, 0.6) is 0 Å². The quantitative estimate of drug-likeness (QED) is 0.709. The summed E-state index contributed by atoms with van der Waals surface area (Å²) in [6.45, 7) is 6.02. The van der Waals surface area contributed by atoms with Crippen LogP contribution in [0, 0.1) is 5.92 Å². The Morgan fingerprint density at radius 1 is 1.53 bits per heavy atom. The van der Waals surface area contributed by atoms with Crippen LogP contribution in [-0.2, 0) is 4.79 Å². The van der Waals surface area contributed by atoms with Gasteiger partial charge in [0, 0.05) is 17.9 Å². The van der Waals surface area contributed by atoms with E-state index in [-0.39, 0.29) is 10.7 Å². The second-order valence-electron chi connectivity index (χ2n) is 4.93. The molecule has 0 N–H and O–H groups in total. The first kappa shape index (κ1) is 10.9. The average Bonchev–Trinajstić information content (AvgIpc) is 3.02. The zero-order chi connectivity index (χ0) is 12.2. The molecular formula is C14H15NOS. The van der Waals surface area contributed by atoms with E-state index in [1.807, 2.05) is 32.2 Å². The molecule has 1 aromatic carbocycles. The number of hydrogen-bond acceptors (Lipinski definition) is 2. The molecule has 0 radical (unpaired) electrons. The molecule has 1 amide bonds. The number of amides is 1.